The largest absolute Gasteiger partial charge is 0.444 e. The molecule has 1 aromatic heterocycles. The van der Waals surface area contributed by atoms with E-state index in [-0.39, 0.29) is 22.9 Å². The number of piperidine rings is 1. The lowest BCUT2D eigenvalue weighted by Crippen LogP contribution is -2.44. The molecule has 8 heteroatoms. The molecule has 1 aromatic rings. The van der Waals surface area contributed by atoms with Gasteiger partial charge in [0, 0.05) is 26.8 Å². The number of nitrogens with two attached hydrogens (primary N) is 1. The molecule has 1 atom stereocenters. The molecule has 1 fully saturated rings. The standard InChI is InChI=1S/C14H19ClN4O3/c1-18(2)14(21)22-10-4-3-5-19(8-10)13(20)9-6-11(15)12(16)17-7-9/h6-7,10H,3-5,8H2,1-2H3,(H2,16,17). The van der Waals surface area contributed by atoms with E-state index in [0.717, 1.165) is 12.8 Å². The number of nitrogen functional groups attached to an aromatic ring is 1. The van der Waals surface area contributed by atoms with Crippen molar-refractivity contribution in [3.63, 3.8) is 0 Å². The first-order valence-electron chi connectivity index (χ1n) is 6.96. The van der Waals surface area contributed by atoms with Crippen molar-refractivity contribution < 1.29 is 14.3 Å². The van der Waals surface area contributed by atoms with Gasteiger partial charge < -0.3 is 20.3 Å². The fourth-order valence-electron chi connectivity index (χ4n) is 2.21. The molecular formula is C14H19ClN4O3. The van der Waals surface area contributed by atoms with Crippen LogP contribution in [0, 0.1) is 0 Å². The van der Waals surface area contributed by atoms with E-state index >= 15 is 0 Å². The number of pyridine rings is 1. The van der Waals surface area contributed by atoms with Crippen LogP contribution in [-0.4, -0.2) is 60.1 Å². The number of carbonyl (C=O) groups is 2. The Kier molecular flexibility index (Phi) is 5.07. The van der Waals surface area contributed by atoms with Crippen LogP contribution in [0.15, 0.2) is 12.3 Å². The van der Waals surface area contributed by atoms with Gasteiger partial charge in [-0.2, -0.15) is 0 Å². The molecule has 1 unspecified atom stereocenters. The van der Waals surface area contributed by atoms with E-state index in [4.69, 9.17) is 22.1 Å². The monoisotopic (exact) mass is 326 g/mol. The molecule has 0 bridgehead atoms. The second-order valence-corrected chi connectivity index (χ2v) is 5.79. The van der Waals surface area contributed by atoms with Gasteiger partial charge in [0.2, 0.25) is 0 Å². The maximum absolute atomic E-state index is 12.5. The Morgan fingerprint density at radius 3 is 2.86 bits per heavy atom. The lowest BCUT2D eigenvalue weighted by atomic mass is 10.1. The minimum Gasteiger partial charge on any atom is -0.444 e. The summed E-state index contributed by atoms with van der Waals surface area (Å²) in [5.41, 5.74) is 5.92. The van der Waals surface area contributed by atoms with E-state index in [1.165, 1.54) is 17.2 Å². The summed E-state index contributed by atoms with van der Waals surface area (Å²) in [6.45, 7) is 0.969. The minimum atomic E-state index is -0.406. The van der Waals surface area contributed by atoms with Crippen molar-refractivity contribution >= 4 is 29.4 Å². The summed E-state index contributed by atoms with van der Waals surface area (Å²) < 4.78 is 5.34. The predicted molar refractivity (Wildman–Crippen MR) is 82.8 cm³/mol. The van der Waals surface area contributed by atoms with Crippen molar-refractivity contribution in [2.75, 3.05) is 32.9 Å². The third-order valence-corrected chi connectivity index (χ3v) is 3.72. The Bertz CT molecular complexity index is 579. The number of amides is 2. The zero-order valence-electron chi connectivity index (χ0n) is 12.6. The molecule has 0 aromatic carbocycles. The van der Waals surface area contributed by atoms with Gasteiger partial charge in [-0.3, -0.25) is 4.79 Å². The number of hydrogen-bond acceptors (Lipinski definition) is 5. The fourth-order valence-corrected chi connectivity index (χ4v) is 2.38. The van der Waals surface area contributed by atoms with Gasteiger partial charge in [0.25, 0.3) is 5.91 Å². The van der Waals surface area contributed by atoms with Crippen LogP contribution in [-0.2, 0) is 4.74 Å². The summed E-state index contributed by atoms with van der Waals surface area (Å²) in [5.74, 6) is -0.00495. The van der Waals surface area contributed by atoms with Crippen LogP contribution in [0.1, 0.15) is 23.2 Å². The SMILES string of the molecule is CN(C)C(=O)OC1CCCN(C(=O)c2cnc(N)c(Cl)c2)C1. The van der Waals surface area contributed by atoms with Crippen LogP contribution in [0.25, 0.3) is 0 Å². The lowest BCUT2D eigenvalue weighted by Gasteiger charge is -2.32. The molecule has 2 heterocycles. The van der Waals surface area contributed by atoms with Crippen LogP contribution in [0.4, 0.5) is 10.6 Å². The van der Waals surface area contributed by atoms with Crippen molar-refractivity contribution in [2.24, 2.45) is 0 Å². The molecule has 0 saturated carbocycles. The smallest absolute Gasteiger partial charge is 0.409 e. The number of halogens is 1. The van der Waals surface area contributed by atoms with E-state index in [2.05, 4.69) is 4.98 Å². The Morgan fingerprint density at radius 2 is 2.23 bits per heavy atom. The highest BCUT2D eigenvalue weighted by atomic mass is 35.5. The molecule has 0 aliphatic carbocycles. The van der Waals surface area contributed by atoms with Crippen molar-refractivity contribution in [1.82, 2.24) is 14.8 Å². The van der Waals surface area contributed by atoms with Gasteiger partial charge in [-0.25, -0.2) is 9.78 Å². The zero-order chi connectivity index (χ0) is 16.3. The second-order valence-electron chi connectivity index (χ2n) is 5.38. The molecule has 2 amide bonds. The first-order valence-corrected chi connectivity index (χ1v) is 7.34. The second kappa shape index (κ2) is 6.83. The van der Waals surface area contributed by atoms with Gasteiger partial charge in [0.05, 0.1) is 17.1 Å². The normalized spacial score (nSPS) is 18.0. The van der Waals surface area contributed by atoms with E-state index in [1.54, 1.807) is 19.0 Å². The Labute approximate surface area is 134 Å². The predicted octanol–water partition coefficient (Wildman–Crippen LogP) is 1.62. The average molecular weight is 327 g/mol. The summed E-state index contributed by atoms with van der Waals surface area (Å²) >= 11 is 5.90. The van der Waals surface area contributed by atoms with Gasteiger partial charge in [-0.05, 0) is 18.9 Å². The van der Waals surface area contributed by atoms with Crippen LogP contribution in [0.5, 0.6) is 0 Å². The highest BCUT2D eigenvalue weighted by Crippen LogP contribution is 2.20. The van der Waals surface area contributed by atoms with Gasteiger partial charge in [0.15, 0.2) is 0 Å². The molecule has 1 aliphatic rings. The Hall–Kier alpha value is -2.02. The number of likely N-dealkylation sites (tertiary alicyclic amines) is 1. The van der Waals surface area contributed by atoms with Crippen molar-refractivity contribution in [1.29, 1.82) is 0 Å². The molecule has 2 N–H and O–H groups in total. The molecule has 0 radical (unpaired) electrons. The first kappa shape index (κ1) is 16.4. The summed E-state index contributed by atoms with van der Waals surface area (Å²) in [5, 5.41) is 0.249. The molecule has 22 heavy (non-hydrogen) atoms. The topological polar surface area (TPSA) is 88.8 Å². The minimum absolute atomic E-state index is 0.189. The molecule has 2 rings (SSSR count). The maximum atomic E-state index is 12.5. The summed E-state index contributed by atoms with van der Waals surface area (Å²) in [7, 11) is 3.24. The number of rotatable bonds is 2. The number of aromatic nitrogens is 1. The first-order chi connectivity index (χ1) is 10.4. The maximum Gasteiger partial charge on any atom is 0.409 e. The van der Waals surface area contributed by atoms with Gasteiger partial charge in [0.1, 0.15) is 11.9 Å². The third kappa shape index (κ3) is 3.79. The molecule has 0 spiro atoms. The van der Waals surface area contributed by atoms with Gasteiger partial charge in [-0.1, -0.05) is 11.6 Å². The summed E-state index contributed by atoms with van der Waals surface area (Å²) in [6.07, 6.45) is 2.21. The highest BCUT2D eigenvalue weighted by molar-refractivity contribution is 6.33. The quantitative estimate of drug-likeness (QED) is 0.892. The van der Waals surface area contributed by atoms with E-state index in [0.29, 0.717) is 18.7 Å². The number of carbonyl (C=O) groups excluding carboxylic acids is 2. The lowest BCUT2D eigenvalue weighted by molar-refractivity contribution is 0.0252. The highest BCUT2D eigenvalue weighted by Gasteiger charge is 2.27. The van der Waals surface area contributed by atoms with Gasteiger partial charge in [-0.15, -0.1) is 0 Å². The zero-order valence-corrected chi connectivity index (χ0v) is 13.3. The van der Waals surface area contributed by atoms with Crippen molar-refractivity contribution in [3.8, 4) is 0 Å². The molecule has 7 nitrogen and oxygen atoms in total. The molecule has 1 aliphatic heterocycles. The van der Waals surface area contributed by atoms with Crippen molar-refractivity contribution in [3.05, 3.63) is 22.8 Å². The summed E-state index contributed by atoms with van der Waals surface area (Å²) in [6, 6.07) is 1.50. The van der Waals surface area contributed by atoms with Crippen molar-refractivity contribution in [2.45, 2.75) is 18.9 Å². The molecule has 1 saturated heterocycles. The number of anilines is 1. The van der Waals surface area contributed by atoms with E-state index in [9.17, 15) is 9.59 Å². The third-order valence-electron chi connectivity index (χ3n) is 3.41. The summed E-state index contributed by atoms with van der Waals surface area (Å²) in [4.78, 5) is 31.0. The van der Waals surface area contributed by atoms with Crippen LogP contribution >= 0.6 is 11.6 Å². The van der Waals surface area contributed by atoms with E-state index in [1.807, 2.05) is 0 Å². The number of hydrogen-bond donors (Lipinski definition) is 1. The molecule has 120 valence electrons. The Balaban J connectivity index is 2.03. The Morgan fingerprint density at radius 1 is 1.50 bits per heavy atom. The van der Waals surface area contributed by atoms with Crippen LogP contribution in [0.2, 0.25) is 5.02 Å². The number of nitrogens with zero attached hydrogens (tertiary/aromatic N) is 3. The van der Waals surface area contributed by atoms with Crippen LogP contribution < -0.4 is 5.73 Å². The number of ether oxygens (including phenoxy) is 1. The van der Waals surface area contributed by atoms with Gasteiger partial charge >= 0.3 is 6.09 Å². The fraction of sp³-hybridized carbons (Fsp3) is 0.500. The van der Waals surface area contributed by atoms with Crippen LogP contribution in [0.3, 0.4) is 0 Å². The average Bonchev–Trinajstić information content (AvgIpc) is 2.49. The van der Waals surface area contributed by atoms with E-state index < -0.39 is 6.09 Å². The molecular weight excluding hydrogens is 308 g/mol.